The van der Waals surface area contributed by atoms with Crippen LogP contribution in [0.3, 0.4) is 0 Å². The molecular formula is H6N2Na2. The minimum absolute atomic E-state index is 0. The summed E-state index contributed by atoms with van der Waals surface area (Å²) in [7, 11) is 0. The van der Waals surface area contributed by atoms with Crippen LogP contribution in [0.5, 0.6) is 0 Å². The molecule has 0 amide bonds. The molecule has 0 unspecified atom stereocenters. The van der Waals surface area contributed by atoms with Gasteiger partial charge in [0.1, 0.15) is 0 Å². The van der Waals surface area contributed by atoms with E-state index in [0.29, 0.717) is 0 Å². The zero-order valence-corrected chi connectivity index (χ0v) is 4.28. The van der Waals surface area contributed by atoms with E-state index in [4.69, 9.17) is 0 Å². The molecule has 0 aliphatic rings. The molecule has 0 aromatic carbocycles. The minimum atomic E-state index is 0. The Bertz CT molecular complexity index is 4.00. The van der Waals surface area contributed by atoms with Gasteiger partial charge in [-0.3, -0.25) is 0 Å². The number of hydrogen-bond acceptors (Lipinski definition) is 1. The summed E-state index contributed by atoms with van der Waals surface area (Å²) in [5.41, 5.74) is 0. The maximum atomic E-state index is 0. The SMILES string of the molecule is N.[NH2-].[Na+].[NaH]. The topological polar surface area (TPSA) is 68.5 Å². The van der Waals surface area contributed by atoms with Gasteiger partial charge in [-0.1, -0.05) is 0 Å². The summed E-state index contributed by atoms with van der Waals surface area (Å²) in [6.07, 6.45) is 0. The summed E-state index contributed by atoms with van der Waals surface area (Å²) in [5, 5.41) is 0. The van der Waals surface area contributed by atoms with E-state index in [2.05, 4.69) is 0 Å². The molecule has 0 saturated carbocycles. The predicted molar refractivity (Wildman–Crippen MR) is 17.5 cm³/mol. The zero-order valence-electron chi connectivity index (χ0n) is 2.28. The monoisotopic (exact) mass is 80.0 g/mol. The second-order valence-corrected chi connectivity index (χ2v) is 0. The van der Waals surface area contributed by atoms with Crippen LogP contribution in [-0.2, 0) is 0 Å². The fourth-order valence-corrected chi connectivity index (χ4v) is 0. The molecule has 0 rings (SSSR count). The normalized spacial score (nSPS) is 0. The van der Waals surface area contributed by atoms with E-state index in [1.165, 1.54) is 0 Å². The molecule has 0 radical (unpaired) electrons. The molecule has 0 bridgehead atoms. The molecule has 0 heterocycles. The summed E-state index contributed by atoms with van der Waals surface area (Å²) >= 11 is 0. The Kier molecular flexibility index (Phi) is 199. The molecule has 4 heavy (non-hydrogen) atoms. The van der Waals surface area contributed by atoms with Gasteiger partial charge < -0.3 is 12.3 Å². The van der Waals surface area contributed by atoms with Crippen LogP contribution in [0.15, 0.2) is 0 Å². The Morgan fingerprint density at radius 1 is 1.00 bits per heavy atom. The van der Waals surface area contributed by atoms with Gasteiger partial charge in [-0.05, 0) is 0 Å². The average molecular weight is 80.0 g/mol. The van der Waals surface area contributed by atoms with Crippen molar-refractivity contribution in [3.8, 4) is 0 Å². The van der Waals surface area contributed by atoms with Crippen LogP contribution in [0.2, 0.25) is 0 Å². The van der Waals surface area contributed by atoms with Crippen molar-refractivity contribution in [1.29, 1.82) is 0 Å². The summed E-state index contributed by atoms with van der Waals surface area (Å²) in [4.78, 5) is 0. The van der Waals surface area contributed by atoms with Gasteiger partial charge in [-0.15, -0.1) is 0 Å². The molecule has 0 aromatic heterocycles. The first-order valence-electron chi connectivity index (χ1n) is 0. The van der Waals surface area contributed by atoms with E-state index in [1.54, 1.807) is 0 Å². The molecule has 0 aliphatic carbocycles. The Morgan fingerprint density at radius 3 is 1.00 bits per heavy atom. The van der Waals surface area contributed by atoms with Crippen molar-refractivity contribution in [1.82, 2.24) is 6.15 Å². The van der Waals surface area contributed by atoms with Gasteiger partial charge in [0.25, 0.3) is 0 Å². The third-order valence-electron chi connectivity index (χ3n) is 0. The van der Waals surface area contributed by atoms with Crippen LogP contribution < -0.4 is 35.7 Å². The van der Waals surface area contributed by atoms with Gasteiger partial charge in [-0.2, -0.15) is 0 Å². The van der Waals surface area contributed by atoms with Gasteiger partial charge in [0.05, 0.1) is 0 Å². The Labute approximate surface area is 70.5 Å². The van der Waals surface area contributed by atoms with E-state index in [1.807, 2.05) is 0 Å². The van der Waals surface area contributed by atoms with Crippen molar-refractivity contribution < 1.29 is 29.6 Å². The van der Waals surface area contributed by atoms with Crippen LogP contribution in [-0.4, -0.2) is 29.6 Å². The second kappa shape index (κ2) is 20.5. The van der Waals surface area contributed by atoms with Gasteiger partial charge in [0.2, 0.25) is 0 Å². The van der Waals surface area contributed by atoms with E-state index < -0.39 is 0 Å². The summed E-state index contributed by atoms with van der Waals surface area (Å²) in [6, 6.07) is 0. The van der Waals surface area contributed by atoms with E-state index >= 15 is 0 Å². The molecule has 5 N–H and O–H groups in total. The molecule has 0 aliphatic heterocycles. The van der Waals surface area contributed by atoms with Crippen molar-refractivity contribution in [2.45, 2.75) is 0 Å². The third-order valence-corrected chi connectivity index (χ3v) is 0. The van der Waals surface area contributed by atoms with Crippen LogP contribution in [0.25, 0.3) is 6.15 Å². The van der Waals surface area contributed by atoms with Crippen LogP contribution in [0, 0.1) is 0 Å². The van der Waals surface area contributed by atoms with Crippen molar-refractivity contribution in [2.75, 3.05) is 0 Å². The van der Waals surface area contributed by atoms with Crippen LogP contribution in [0.4, 0.5) is 0 Å². The molecule has 0 spiro atoms. The maximum absolute atomic E-state index is 0. The Balaban J connectivity index is 0. The van der Waals surface area contributed by atoms with E-state index in [9.17, 15) is 0 Å². The van der Waals surface area contributed by atoms with Gasteiger partial charge in [0, 0.05) is 0 Å². The molecule has 2 nitrogen and oxygen atoms in total. The van der Waals surface area contributed by atoms with E-state index in [-0.39, 0.29) is 71.4 Å². The van der Waals surface area contributed by atoms with Crippen molar-refractivity contribution in [2.24, 2.45) is 0 Å². The Hall–Kier alpha value is 1.92. The summed E-state index contributed by atoms with van der Waals surface area (Å²) in [5.74, 6) is 0. The number of nitrogens with two attached hydrogens (primary N) is 1. The second-order valence-electron chi connectivity index (χ2n) is 0. The van der Waals surface area contributed by atoms with E-state index in [0.717, 1.165) is 0 Å². The molecule has 0 saturated heterocycles. The van der Waals surface area contributed by atoms with Gasteiger partial charge in [0.15, 0.2) is 0 Å². The Morgan fingerprint density at radius 2 is 1.00 bits per heavy atom. The van der Waals surface area contributed by atoms with Crippen LogP contribution >= 0.6 is 0 Å². The first-order chi connectivity index (χ1) is 0. The average Bonchev–Trinajstić information content (AvgIpc) is 0. The molecule has 0 aromatic rings. The van der Waals surface area contributed by atoms with Crippen molar-refractivity contribution >= 4 is 29.6 Å². The van der Waals surface area contributed by atoms with Gasteiger partial charge in [-0.25, -0.2) is 0 Å². The molecule has 4 heteroatoms. The fourth-order valence-electron chi connectivity index (χ4n) is 0. The summed E-state index contributed by atoms with van der Waals surface area (Å²) in [6.45, 7) is 0. The number of rotatable bonds is 0. The quantitative estimate of drug-likeness (QED) is 0.314. The van der Waals surface area contributed by atoms with Gasteiger partial charge >= 0.3 is 59.1 Å². The fraction of sp³-hybridized carbons (Fsp3) is 0. The molecule has 0 fully saturated rings. The third kappa shape index (κ3) is 9.07. The molecule has 18 valence electrons. The number of hydrogen-bond donors (Lipinski definition) is 1. The zero-order chi connectivity index (χ0) is 0. The first-order valence-corrected chi connectivity index (χ1v) is 0. The van der Waals surface area contributed by atoms with Crippen molar-refractivity contribution in [3.63, 3.8) is 0 Å². The van der Waals surface area contributed by atoms with Crippen LogP contribution in [0.1, 0.15) is 0 Å². The summed E-state index contributed by atoms with van der Waals surface area (Å²) < 4.78 is 0. The predicted octanol–water partition coefficient (Wildman–Crippen LogP) is -2.77. The molecular weight excluding hydrogens is 74.0 g/mol. The standard InChI is InChI=1S/H3N.H2N.2Na.H/h1H3;1H2;;;/q;-1;;+1;. The molecule has 0 atom stereocenters. The first kappa shape index (κ1) is 38.9. The van der Waals surface area contributed by atoms with Crippen molar-refractivity contribution in [3.05, 3.63) is 6.15 Å².